The van der Waals surface area contributed by atoms with Gasteiger partial charge in [0.15, 0.2) is 0 Å². The molecule has 0 bridgehead atoms. The Labute approximate surface area is 139 Å². The van der Waals surface area contributed by atoms with Crippen LogP contribution in [0.5, 0.6) is 0 Å². The summed E-state index contributed by atoms with van der Waals surface area (Å²) in [4.78, 5) is 0. The molecule has 0 saturated heterocycles. The van der Waals surface area contributed by atoms with E-state index in [4.69, 9.17) is 0 Å². The van der Waals surface area contributed by atoms with Crippen molar-refractivity contribution in [2.75, 3.05) is 0 Å². The molecule has 0 aliphatic heterocycles. The first-order valence-electron chi connectivity index (χ1n) is 8.36. The van der Waals surface area contributed by atoms with E-state index in [1.54, 1.807) is 12.2 Å². The molecule has 0 aromatic rings. The Hall–Kier alpha value is -1.30. The minimum Gasteiger partial charge on any atom is -0.106 e. The molecule has 0 nitrogen and oxygen atoms in total. The molecule has 0 aromatic heterocycles. The number of allylic oxidation sites excluding steroid dienone is 5. The molecule has 0 heterocycles. The zero-order valence-electron chi connectivity index (χ0n) is 17.3. The van der Waals surface area contributed by atoms with Crippen molar-refractivity contribution in [2.24, 2.45) is 0 Å². The smallest absolute Gasteiger partial charge is 0.0239 e. The Morgan fingerprint density at radius 3 is 0.905 bits per heavy atom. The third-order valence-corrected chi connectivity index (χ3v) is 1.15. The van der Waals surface area contributed by atoms with Crippen LogP contribution in [0.2, 0.25) is 0 Å². The predicted molar refractivity (Wildman–Crippen MR) is 111 cm³/mol. The Balaban J connectivity index is -0.0000000275. The highest BCUT2D eigenvalue weighted by Gasteiger charge is 1.88. The van der Waals surface area contributed by atoms with Gasteiger partial charge in [-0.1, -0.05) is 107 Å². The van der Waals surface area contributed by atoms with Gasteiger partial charge in [-0.15, -0.1) is 13.2 Å². The fourth-order valence-electron chi connectivity index (χ4n) is 0.552. The van der Waals surface area contributed by atoms with Gasteiger partial charge in [-0.2, -0.15) is 0 Å². The molecule has 0 aromatic carbocycles. The zero-order valence-corrected chi connectivity index (χ0v) is 17.3. The van der Waals surface area contributed by atoms with E-state index in [-0.39, 0.29) is 0 Å². The summed E-state index contributed by atoms with van der Waals surface area (Å²) in [7, 11) is 0. The third kappa shape index (κ3) is 68.9. The molecule has 0 heteroatoms. The second-order valence-electron chi connectivity index (χ2n) is 1.68. The zero-order chi connectivity index (χ0) is 19.3. The van der Waals surface area contributed by atoms with Gasteiger partial charge in [0.25, 0.3) is 0 Å². The maximum atomic E-state index is 3.76. The van der Waals surface area contributed by atoms with Crippen LogP contribution in [0, 0.1) is 0 Å². The number of rotatable bonds is 3. The number of hydrogen-bond acceptors (Lipinski definition) is 0. The molecule has 0 radical (unpaired) electrons. The van der Waals surface area contributed by atoms with E-state index in [0.717, 1.165) is 11.1 Å². The molecule has 0 N–H and O–H groups in total. The molecule has 0 aliphatic carbocycles. The first-order chi connectivity index (χ1) is 10.3. The van der Waals surface area contributed by atoms with E-state index in [1.807, 2.05) is 82.2 Å². The van der Waals surface area contributed by atoms with E-state index >= 15 is 0 Å². The predicted octanol–water partition coefficient (Wildman–Crippen LogP) is 8.79. The highest BCUT2D eigenvalue weighted by atomic mass is 13.9. The van der Waals surface area contributed by atoms with Crippen LogP contribution in [0.3, 0.4) is 0 Å². The van der Waals surface area contributed by atoms with Gasteiger partial charge in [-0.25, -0.2) is 0 Å². The van der Waals surface area contributed by atoms with Crippen LogP contribution in [-0.2, 0) is 0 Å². The summed E-state index contributed by atoms with van der Waals surface area (Å²) in [6, 6.07) is 0. The molecule has 0 rings (SSSR count). The average molecular weight is 299 g/mol. The van der Waals surface area contributed by atoms with Crippen molar-refractivity contribution in [2.45, 2.75) is 76.2 Å². The minimum absolute atomic E-state index is 0.924. The molecule has 21 heavy (non-hydrogen) atoms. The van der Waals surface area contributed by atoms with Gasteiger partial charge >= 0.3 is 0 Å². The minimum atomic E-state index is 0.924. The first kappa shape index (κ1) is 42.7. The molecule has 130 valence electrons. The van der Waals surface area contributed by atoms with Crippen LogP contribution in [0.4, 0.5) is 0 Å². The van der Waals surface area contributed by atoms with E-state index in [2.05, 4.69) is 32.9 Å². The van der Waals surface area contributed by atoms with Gasteiger partial charge in [0.1, 0.15) is 0 Å². The summed E-state index contributed by atoms with van der Waals surface area (Å²) >= 11 is 0. The summed E-state index contributed by atoms with van der Waals surface area (Å²) in [5, 5.41) is 0. The lowest BCUT2D eigenvalue weighted by Gasteiger charge is -1.96. The largest absolute Gasteiger partial charge is 0.106 e. The maximum absolute atomic E-state index is 3.76. The van der Waals surface area contributed by atoms with Crippen molar-refractivity contribution in [1.29, 1.82) is 0 Å². The van der Waals surface area contributed by atoms with Gasteiger partial charge in [-0.05, 0) is 18.1 Å². The lowest BCUT2D eigenvalue weighted by atomic mass is 10.1. The lowest BCUT2D eigenvalue weighted by molar-refractivity contribution is 1.50. The molecule has 0 atom stereocenters. The van der Waals surface area contributed by atoms with Gasteiger partial charge < -0.3 is 0 Å². The Bertz CT molecular complexity index is 170. The summed E-state index contributed by atoms with van der Waals surface area (Å²) < 4.78 is 0. The molecule has 0 amide bonds. The standard InChI is InChI=1S/C9H12.5C2H6.C2H4/c1-5-8(4)9(6-2)7-3;6*1-2/h5-7H,1-2,4H2,3H3;5*1-2H3;1-2H2/b9-7-;;;;;;. The molecule has 0 fully saturated rings. The third-order valence-electron chi connectivity index (χ3n) is 1.15. The maximum Gasteiger partial charge on any atom is -0.0239 e. The molecule has 0 spiro atoms. The summed E-state index contributed by atoms with van der Waals surface area (Å²) in [5.41, 5.74) is 1.97. The van der Waals surface area contributed by atoms with Gasteiger partial charge in [-0.3, -0.25) is 0 Å². The van der Waals surface area contributed by atoms with E-state index in [0.29, 0.717) is 0 Å². The molecular weight excluding hydrogens is 252 g/mol. The SMILES string of the molecule is C=C.C=CC(=C)/C(C=C)=C\C.CC.CC.CC.CC.CC. The van der Waals surface area contributed by atoms with Gasteiger partial charge in [0.2, 0.25) is 0 Å². The van der Waals surface area contributed by atoms with Crippen molar-refractivity contribution >= 4 is 0 Å². The molecule has 0 aliphatic rings. The van der Waals surface area contributed by atoms with Crippen molar-refractivity contribution in [3.63, 3.8) is 0 Å². The van der Waals surface area contributed by atoms with E-state index < -0.39 is 0 Å². The first-order valence-corrected chi connectivity index (χ1v) is 8.36. The lowest BCUT2D eigenvalue weighted by Crippen LogP contribution is -1.76. The highest BCUT2D eigenvalue weighted by Crippen LogP contribution is 2.07. The fraction of sp³-hybridized carbons (Fsp3) is 0.524. The Kier molecular flexibility index (Phi) is 201. The highest BCUT2D eigenvalue weighted by molar-refractivity contribution is 5.42. The summed E-state index contributed by atoms with van der Waals surface area (Å²) in [6.07, 6.45) is 5.44. The normalized spacial score (nSPS) is 6.14. The summed E-state index contributed by atoms with van der Waals surface area (Å²) in [6.45, 7) is 38.9. The molecule has 0 saturated carbocycles. The summed E-state index contributed by atoms with van der Waals surface area (Å²) in [5.74, 6) is 0. The van der Waals surface area contributed by atoms with Crippen molar-refractivity contribution in [1.82, 2.24) is 0 Å². The Morgan fingerprint density at radius 2 is 0.857 bits per heavy atom. The quantitative estimate of drug-likeness (QED) is 0.360. The van der Waals surface area contributed by atoms with Crippen LogP contribution in [0.15, 0.2) is 62.3 Å². The molecule has 0 unspecified atom stereocenters. The van der Waals surface area contributed by atoms with Crippen LogP contribution in [0.25, 0.3) is 0 Å². The monoisotopic (exact) mass is 298 g/mol. The Morgan fingerprint density at radius 1 is 0.619 bits per heavy atom. The van der Waals surface area contributed by atoms with Crippen LogP contribution in [0.1, 0.15) is 76.2 Å². The molecular formula is C21H46. The topological polar surface area (TPSA) is 0 Å². The van der Waals surface area contributed by atoms with E-state index in [1.165, 1.54) is 0 Å². The average Bonchev–Trinajstić information content (AvgIpc) is 2.66. The van der Waals surface area contributed by atoms with Crippen molar-refractivity contribution < 1.29 is 0 Å². The number of hydrogen-bond donors (Lipinski definition) is 0. The van der Waals surface area contributed by atoms with Crippen LogP contribution < -0.4 is 0 Å². The van der Waals surface area contributed by atoms with Crippen LogP contribution >= 0.6 is 0 Å². The van der Waals surface area contributed by atoms with Crippen LogP contribution in [-0.4, -0.2) is 0 Å². The van der Waals surface area contributed by atoms with Crippen molar-refractivity contribution in [3.05, 3.63) is 62.3 Å². The second-order valence-corrected chi connectivity index (χ2v) is 1.68. The second kappa shape index (κ2) is 98.8. The van der Waals surface area contributed by atoms with Gasteiger partial charge in [0.05, 0.1) is 0 Å². The fourth-order valence-corrected chi connectivity index (χ4v) is 0.552. The van der Waals surface area contributed by atoms with E-state index in [9.17, 15) is 0 Å². The van der Waals surface area contributed by atoms with Crippen molar-refractivity contribution in [3.8, 4) is 0 Å². The van der Waals surface area contributed by atoms with Gasteiger partial charge in [0, 0.05) is 0 Å².